The van der Waals surface area contributed by atoms with E-state index in [9.17, 15) is 9.90 Å². The molecule has 2 rings (SSSR count). The van der Waals surface area contributed by atoms with Crippen LogP contribution in [0.5, 0.6) is 11.5 Å². The number of rotatable bonds is 6. The molecule has 0 aliphatic heterocycles. The first-order chi connectivity index (χ1) is 9.11. The van der Waals surface area contributed by atoms with Gasteiger partial charge in [0, 0.05) is 6.54 Å². The Morgan fingerprint density at radius 2 is 2.00 bits per heavy atom. The van der Waals surface area contributed by atoms with Crippen LogP contribution in [0.4, 0.5) is 0 Å². The Morgan fingerprint density at radius 3 is 2.47 bits per heavy atom. The van der Waals surface area contributed by atoms with Crippen molar-refractivity contribution in [1.82, 2.24) is 5.32 Å². The first-order valence-electron chi connectivity index (χ1n) is 6.30. The number of carboxylic acid groups (broad SMARTS) is 1. The SMILES string of the molecule is COc1ccc(CNC2(C(=O)O)CCC2)cc1OC. The summed E-state index contributed by atoms with van der Waals surface area (Å²) in [5.74, 6) is 0.557. The maximum atomic E-state index is 11.2. The van der Waals surface area contributed by atoms with Gasteiger partial charge in [0.05, 0.1) is 14.2 Å². The van der Waals surface area contributed by atoms with Gasteiger partial charge >= 0.3 is 5.97 Å². The molecule has 0 amide bonds. The van der Waals surface area contributed by atoms with Crippen LogP contribution in [0.25, 0.3) is 0 Å². The third-order valence-electron chi connectivity index (χ3n) is 3.70. The maximum absolute atomic E-state index is 11.2. The van der Waals surface area contributed by atoms with Crippen molar-refractivity contribution in [3.8, 4) is 11.5 Å². The highest BCUT2D eigenvalue weighted by atomic mass is 16.5. The van der Waals surface area contributed by atoms with Crippen molar-refractivity contribution in [3.05, 3.63) is 23.8 Å². The highest BCUT2D eigenvalue weighted by molar-refractivity contribution is 5.80. The number of aliphatic carboxylic acids is 1. The van der Waals surface area contributed by atoms with Gasteiger partial charge in [0.2, 0.25) is 0 Å². The molecule has 0 heterocycles. The summed E-state index contributed by atoms with van der Waals surface area (Å²) in [5, 5.41) is 12.4. The first kappa shape index (κ1) is 13.7. The van der Waals surface area contributed by atoms with E-state index < -0.39 is 11.5 Å². The largest absolute Gasteiger partial charge is 0.493 e. The normalized spacial score (nSPS) is 16.5. The van der Waals surface area contributed by atoms with Gasteiger partial charge in [-0.1, -0.05) is 6.07 Å². The molecule has 104 valence electrons. The van der Waals surface area contributed by atoms with Gasteiger partial charge < -0.3 is 14.6 Å². The monoisotopic (exact) mass is 265 g/mol. The molecule has 2 N–H and O–H groups in total. The summed E-state index contributed by atoms with van der Waals surface area (Å²) >= 11 is 0. The van der Waals surface area contributed by atoms with E-state index >= 15 is 0 Å². The third kappa shape index (κ3) is 2.66. The molecule has 5 heteroatoms. The predicted octanol–water partition coefficient (Wildman–Crippen LogP) is 1.80. The Labute approximate surface area is 112 Å². The van der Waals surface area contributed by atoms with Crippen molar-refractivity contribution in [1.29, 1.82) is 0 Å². The van der Waals surface area contributed by atoms with Crippen molar-refractivity contribution in [2.45, 2.75) is 31.3 Å². The molecule has 0 saturated heterocycles. The highest BCUT2D eigenvalue weighted by Gasteiger charge is 2.43. The van der Waals surface area contributed by atoms with Crippen LogP contribution in [0.2, 0.25) is 0 Å². The molecule has 0 spiro atoms. The average Bonchev–Trinajstić information content (AvgIpc) is 2.36. The molecule has 0 radical (unpaired) electrons. The number of nitrogens with one attached hydrogen (secondary N) is 1. The zero-order chi connectivity index (χ0) is 13.9. The number of benzene rings is 1. The molecular weight excluding hydrogens is 246 g/mol. The zero-order valence-electron chi connectivity index (χ0n) is 11.2. The first-order valence-corrected chi connectivity index (χ1v) is 6.30. The van der Waals surface area contributed by atoms with Crippen molar-refractivity contribution in [2.24, 2.45) is 0 Å². The Morgan fingerprint density at radius 1 is 1.32 bits per heavy atom. The molecule has 1 saturated carbocycles. The molecule has 1 aliphatic carbocycles. The van der Waals surface area contributed by atoms with Crippen molar-refractivity contribution in [3.63, 3.8) is 0 Å². The molecule has 5 nitrogen and oxygen atoms in total. The van der Waals surface area contributed by atoms with Crippen LogP contribution in [0, 0.1) is 0 Å². The van der Waals surface area contributed by atoms with Crippen LogP contribution >= 0.6 is 0 Å². The summed E-state index contributed by atoms with van der Waals surface area (Å²) in [4.78, 5) is 11.2. The summed E-state index contributed by atoms with van der Waals surface area (Å²) in [6, 6.07) is 5.59. The maximum Gasteiger partial charge on any atom is 0.323 e. The van der Waals surface area contributed by atoms with Crippen LogP contribution in [0.3, 0.4) is 0 Å². The predicted molar refractivity (Wildman–Crippen MR) is 70.6 cm³/mol. The van der Waals surface area contributed by atoms with Gasteiger partial charge in [-0.15, -0.1) is 0 Å². The number of methoxy groups -OCH3 is 2. The van der Waals surface area contributed by atoms with E-state index in [0.717, 1.165) is 12.0 Å². The summed E-state index contributed by atoms with van der Waals surface area (Å²) in [6.45, 7) is 0.507. The van der Waals surface area contributed by atoms with Gasteiger partial charge in [0.25, 0.3) is 0 Å². The smallest absolute Gasteiger partial charge is 0.323 e. The quantitative estimate of drug-likeness (QED) is 0.821. The van der Waals surface area contributed by atoms with E-state index in [2.05, 4.69) is 5.32 Å². The highest BCUT2D eigenvalue weighted by Crippen LogP contribution is 2.33. The minimum Gasteiger partial charge on any atom is -0.493 e. The summed E-state index contributed by atoms with van der Waals surface area (Å²) in [7, 11) is 3.17. The van der Waals surface area contributed by atoms with Crippen LogP contribution in [-0.4, -0.2) is 30.8 Å². The zero-order valence-corrected chi connectivity index (χ0v) is 11.2. The number of carbonyl (C=O) groups is 1. The van der Waals surface area contributed by atoms with E-state index in [0.29, 0.717) is 30.9 Å². The molecule has 0 aromatic heterocycles. The van der Waals surface area contributed by atoms with Crippen LogP contribution in [0.15, 0.2) is 18.2 Å². The fourth-order valence-electron chi connectivity index (χ4n) is 2.26. The molecule has 0 bridgehead atoms. The molecule has 1 aliphatic rings. The summed E-state index contributed by atoms with van der Waals surface area (Å²) in [6.07, 6.45) is 2.34. The molecule has 1 aromatic rings. The van der Waals surface area contributed by atoms with Crippen LogP contribution < -0.4 is 14.8 Å². The Balaban J connectivity index is 2.05. The number of hydrogen-bond donors (Lipinski definition) is 2. The second-order valence-corrected chi connectivity index (χ2v) is 4.78. The van der Waals surface area contributed by atoms with E-state index in [1.807, 2.05) is 18.2 Å². The Bertz CT molecular complexity index is 469. The van der Waals surface area contributed by atoms with E-state index in [-0.39, 0.29) is 0 Å². The fourth-order valence-corrected chi connectivity index (χ4v) is 2.26. The lowest BCUT2D eigenvalue weighted by molar-refractivity contribution is -0.148. The fraction of sp³-hybridized carbons (Fsp3) is 0.500. The number of hydrogen-bond acceptors (Lipinski definition) is 4. The van der Waals surface area contributed by atoms with Crippen LogP contribution in [0.1, 0.15) is 24.8 Å². The lowest BCUT2D eigenvalue weighted by atomic mass is 9.76. The molecule has 1 fully saturated rings. The number of ether oxygens (including phenoxy) is 2. The second kappa shape index (κ2) is 5.48. The van der Waals surface area contributed by atoms with E-state index in [4.69, 9.17) is 9.47 Å². The summed E-state index contributed by atoms with van der Waals surface area (Å²) < 4.78 is 10.4. The third-order valence-corrected chi connectivity index (χ3v) is 3.70. The van der Waals surface area contributed by atoms with E-state index in [1.165, 1.54) is 0 Å². The minimum absolute atomic E-state index is 0.507. The van der Waals surface area contributed by atoms with Gasteiger partial charge in [-0.05, 0) is 37.0 Å². The van der Waals surface area contributed by atoms with Gasteiger partial charge in [0.1, 0.15) is 5.54 Å². The van der Waals surface area contributed by atoms with Gasteiger partial charge in [-0.2, -0.15) is 0 Å². The Hall–Kier alpha value is -1.75. The second-order valence-electron chi connectivity index (χ2n) is 4.78. The van der Waals surface area contributed by atoms with Crippen molar-refractivity contribution < 1.29 is 19.4 Å². The van der Waals surface area contributed by atoms with E-state index in [1.54, 1.807) is 14.2 Å². The van der Waals surface area contributed by atoms with Gasteiger partial charge in [0.15, 0.2) is 11.5 Å². The Kier molecular flexibility index (Phi) is 3.95. The van der Waals surface area contributed by atoms with Gasteiger partial charge in [-0.25, -0.2) is 0 Å². The minimum atomic E-state index is -0.765. The lowest BCUT2D eigenvalue weighted by Gasteiger charge is -2.38. The summed E-state index contributed by atoms with van der Waals surface area (Å²) in [5.41, 5.74) is 0.234. The van der Waals surface area contributed by atoms with Crippen LogP contribution in [-0.2, 0) is 11.3 Å². The lowest BCUT2D eigenvalue weighted by Crippen LogP contribution is -2.56. The average molecular weight is 265 g/mol. The molecule has 19 heavy (non-hydrogen) atoms. The van der Waals surface area contributed by atoms with Crippen molar-refractivity contribution >= 4 is 5.97 Å². The number of carboxylic acids is 1. The molecule has 0 atom stereocenters. The molecule has 1 aromatic carbocycles. The van der Waals surface area contributed by atoms with Crippen molar-refractivity contribution in [2.75, 3.05) is 14.2 Å². The molecular formula is C14H19NO4. The topological polar surface area (TPSA) is 67.8 Å². The van der Waals surface area contributed by atoms with Gasteiger partial charge in [-0.3, -0.25) is 10.1 Å². The molecule has 0 unspecified atom stereocenters. The standard InChI is InChI=1S/C14H19NO4/c1-18-11-5-4-10(8-12(11)19-2)9-15-14(13(16)17)6-3-7-14/h4-5,8,15H,3,6-7,9H2,1-2H3,(H,16,17).